The number of hydrogen-bond acceptors (Lipinski definition) is 4. The zero-order valence-electron chi connectivity index (χ0n) is 19.2. The summed E-state index contributed by atoms with van der Waals surface area (Å²) in [6.07, 6.45) is 2.79. The molecule has 0 aromatic heterocycles. The first kappa shape index (κ1) is 23.5. The van der Waals surface area contributed by atoms with E-state index in [0.29, 0.717) is 13.1 Å². The summed E-state index contributed by atoms with van der Waals surface area (Å²) in [5, 5.41) is 0. The molecule has 1 fully saturated rings. The molecule has 2 aromatic carbocycles. The Hall–Kier alpha value is -2.18. The van der Waals surface area contributed by atoms with Gasteiger partial charge in [0.05, 0.1) is 10.5 Å². The summed E-state index contributed by atoms with van der Waals surface area (Å²) in [6, 6.07) is 10.4. The largest absolute Gasteiger partial charge is 0.457 e. The summed E-state index contributed by atoms with van der Waals surface area (Å²) in [5.41, 5.74) is 4.69. The molecular formula is C25H33NO4S. The van der Waals surface area contributed by atoms with Crippen LogP contribution in [0.25, 0.3) is 0 Å². The van der Waals surface area contributed by atoms with Crippen molar-refractivity contribution in [3.8, 4) is 0 Å². The van der Waals surface area contributed by atoms with Crippen molar-refractivity contribution in [1.82, 2.24) is 4.31 Å². The molecule has 0 atom stereocenters. The Morgan fingerprint density at radius 3 is 2.19 bits per heavy atom. The molecule has 1 aliphatic rings. The lowest BCUT2D eigenvalue weighted by molar-refractivity contribution is 0.0471. The fraction of sp³-hybridized carbons (Fsp3) is 0.480. The van der Waals surface area contributed by atoms with Crippen molar-refractivity contribution in [2.75, 3.05) is 13.1 Å². The molecule has 5 nitrogen and oxygen atoms in total. The molecule has 0 bridgehead atoms. The van der Waals surface area contributed by atoms with Crippen molar-refractivity contribution in [1.29, 1.82) is 0 Å². The van der Waals surface area contributed by atoms with Crippen molar-refractivity contribution in [2.45, 2.75) is 70.8 Å². The maximum Gasteiger partial charge on any atom is 0.338 e. The van der Waals surface area contributed by atoms with Gasteiger partial charge in [0.2, 0.25) is 10.0 Å². The Labute approximate surface area is 186 Å². The van der Waals surface area contributed by atoms with Crippen molar-refractivity contribution >= 4 is 16.0 Å². The van der Waals surface area contributed by atoms with E-state index in [0.717, 1.165) is 36.0 Å². The number of esters is 1. The van der Waals surface area contributed by atoms with Crippen molar-refractivity contribution in [3.63, 3.8) is 0 Å². The quantitative estimate of drug-likeness (QED) is 0.601. The lowest BCUT2D eigenvalue weighted by Gasteiger charge is -2.26. The van der Waals surface area contributed by atoms with Gasteiger partial charge in [-0.1, -0.05) is 45.4 Å². The number of hydrogen-bond donors (Lipinski definition) is 0. The number of aryl methyl sites for hydroxylation is 2. The average Bonchev–Trinajstić information content (AvgIpc) is 2.73. The van der Waals surface area contributed by atoms with E-state index in [1.165, 1.54) is 15.9 Å². The van der Waals surface area contributed by atoms with E-state index in [9.17, 15) is 13.2 Å². The lowest BCUT2D eigenvalue weighted by Crippen LogP contribution is -2.35. The van der Waals surface area contributed by atoms with Crippen LogP contribution in [0.4, 0.5) is 0 Å². The van der Waals surface area contributed by atoms with Gasteiger partial charge in [0, 0.05) is 13.1 Å². The van der Waals surface area contributed by atoms with E-state index in [1.807, 2.05) is 13.8 Å². The van der Waals surface area contributed by atoms with Crippen LogP contribution in [0.15, 0.2) is 41.3 Å². The number of nitrogens with zero attached hydrogens (tertiary/aromatic N) is 1. The highest BCUT2D eigenvalue weighted by Crippen LogP contribution is 2.27. The summed E-state index contributed by atoms with van der Waals surface area (Å²) in [7, 11) is -3.59. The first-order valence-electron chi connectivity index (χ1n) is 10.9. The number of rotatable bonds is 5. The second-order valence-electron chi connectivity index (χ2n) is 9.41. The van der Waals surface area contributed by atoms with Crippen LogP contribution in [0, 0.1) is 13.8 Å². The number of sulfonamides is 1. The van der Waals surface area contributed by atoms with Crippen molar-refractivity contribution in [2.24, 2.45) is 0 Å². The highest BCUT2D eigenvalue weighted by Gasteiger charge is 2.26. The molecule has 2 aromatic rings. The van der Waals surface area contributed by atoms with Gasteiger partial charge in [-0.3, -0.25) is 0 Å². The summed E-state index contributed by atoms with van der Waals surface area (Å²) in [4.78, 5) is 12.8. The molecule has 0 radical (unpaired) electrons. The van der Waals surface area contributed by atoms with Gasteiger partial charge >= 0.3 is 5.97 Å². The van der Waals surface area contributed by atoms with E-state index in [-0.39, 0.29) is 22.5 Å². The maximum atomic E-state index is 12.9. The number of piperidine rings is 1. The van der Waals surface area contributed by atoms with Gasteiger partial charge in [0.1, 0.15) is 6.61 Å². The second kappa shape index (κ2) is 9.13. The first-order valence-corrected chi connectivity index (χ1v) is 12.3. The van der Waals surface area contributed by atoms with Crippen LogP contribution < -0.4 is 0 Å². The van der Waals surface area contributed by atoms with Gasteiger partial charge in [0.25, 0.3) is 0 Å². The molecule has 0 amide bonds. The normalized spacial score (nSPS) is 15.6. The van der Waals surface area contributed by atoms with E-state index in [4.69, 9.17) is 4.74 Å². The first-order chi connectivity index (χ1) is 14.5. The Kier molecular flexibility index (Phi) is 6.92. The zero-order chi connectivity index (χ0) is 22.8. The molecule has 3 rings (SSSR count). The van der Waals surface area contributed by atoms with Gasteiger partial charge < -0.3 is 4.74 Å². The minimum atomic E-state index is -3.59. The summed E-state index contributed by atoms with van der Waals surface area (Å²) < 4.78 is 32.9. The highest BCUT2D eigenvalue weighted by atomic mass is 32.2. The molecule has 0 unspecified atom stereocenters. The Morgan fingerprint density at radius 2 is 1.61 bits per heavy atom. The Morgan fingerprint density at radius 1 is 1.00 bits per heavy atom. The maximum absolute atomic E-state index is 12.9. The molecule has 6 heteroatoms. The van der Waals surface area contributed by atoms with Gasteiger partial charge in [-0.2, -0.15) is 4.31 Å². The van der Waals surface area contributed by atoms with Crippen LogP contribution in [0.5, 0.6) is 0 Å². The van der Waals surface area contributed by atoms with Gasteiger partial charge in [-0.15, -0.1) is 0 Å². The lowest BCUT2D eigenvalue weighted by atomic mass is 9.84. The third-order valence-electron chi connectivity index (χ3n) is 5.93. The number of carbonyl (C=O) groups excluding carboxylic acids is 1. The molecule has 0 N–H and O–H groups in total. The monoisotopic (exact) mass is 443 g/mol. The van der Waals surface area contributed by atoms with Crippen LogP contribution in [0.2, 0.25) is 0 Å². The molecule has 1 heterocycles. The smallest absolute Gasteiger partial charge is 0.338 e. The molecule has 1 saturated heterocycles. The van der Waals surface area contributed by atoms with Crippen LogP contribution in [-0.4, -0.2) is 31.8 Å². The van der Waals surface area contributed by atoms with Crippen molar-refractivity contribution in [3.05, 3.63) is 64.2 Å². The van der Waals surface area contributed by atoms with E-state index in [1.54, 1.807) is 18.2 Å². The van der Waals surface area contributed by atoms with Crippen molar-refractivity contribution < 1.29 is 17.9 Å². The molecule has 168 valence electrons. The predicted octanol–water partition coefficient (Wildman–Crippen LogP) is 5.13. The molecule has 0 aliphatic carbocycles. The minimum Gasteiger partial charge on any atom is -0.457 e. The molecule has 1 aliphatic heterocycles. The predicted molar refractivity (Wildman–Crippen MR) is 123 cm³/mol. The Balaban J connectivity index is 1.76. The topological polar surface area (TPSA) is 63.7 Å². The minimum absolute atomic E-state index is 0.0466. The van der Waals surface area contributed by atoms with Gasteiger partial charge in [0.15, 0.2) is 0 Å². The number of carbonyl (C=O) groups is 1. The zero-order valence-corrected chi connectivity index (χ0v) is 20.0. The summed E-state index contributed by atoms with van der Waals surface area (Å²) in [6.45, 7) is 11.8. The molecule has 0 saturated carbocycles. The van der Waals surface area contributed by atoms with Crippen LogP contribution in [0.3, 0.4) is 0 Å². The second-order valence-corrected chi connectivity index (χ2v) is 11.3. The molecule has 0 spiro atoms. The third kappa shape index (κ3) is 5.36. The fourth-order valence-electron chi connectivity index (χ4n) is 3.91. The third-order valence-corrected chi connectivity index (χ3v) is 7.83. The number of benzene rings is 2. The SMILES string of the molecule is Cc1cc(C(C)(C)C)cc(C)c1COC(=O)c1cccc(S(=O)(=O)N2CCCCC2)c1. The summed E-state index contributed by atoms with van der Waals surface area (Å²) >= 11 is 0. The van der Waals surface area contributed by atoms with Crippen LogP contribution in [0.1, 0.15) is 72.6 Å². The molecule has 31 heavy (non-hydrogen) atoms. The molecular weight excluding hydrogens is 410 g/mol. The van der Waals surface area contributed by atoms with E-state index in [2.05, 4.69) is 32.9 Å². The number of ether oxygens (including phenoxy) is 1. The van der Waals surface area contributed by atoms with Crippen LogP contribution >= 0.6 is 0 Å². The fourth-order valence-corrected chi connectivity index (χ4v) is 5.48. The van der Waals surface area contributed by atoms with E-state index < -0.39 is 16.0 Å². The Bertz CT molecular complexity index is 1040. The van der Waals surface area contributed by atoms with Crippen LogP contribution in [-0.2, 0) is 26.8 Å². The standard InChI is InChI=1S/C25H33NO4S/c1-18-14-21(25(3,4)5)15-19(2)23(18)17-30-24(27)20-10-9-11-22(16-20)31(28,29)26-12-7-6-8-13-26/h9-11,14-16H,6-8,12-13,17H2,1-5H3. The summed E-state index contributed by atoms with van der Waals surface area (Å²) in [5.74, 6) is -0.519. The van der Waals surface area contributed by atoms with Gasteiger partial charge in [-0.25, -0.2) is 13.2 Å². The van der Waals surface area contributed by atoms with Gasteiger partial charge in [-0.05, 0) is 72.6 Å². The van der Waals surface area contributed by atoms with E-state index >= 15 is 0 Å². The highest BCUT2D eigenvalue weighted by molar-refractivity contribution is 7.89. The average molecular weight is 444 g/mol.